The van der Waals surface area contributed by atoms with E-state index in [-0.39, 0.29) is 18.3 Å². The maximum absolute atomic E-state index is 12.9. The van der Waals surface area contributed by atoms with Crippen LogP contribution in [0, 0.1) is 5.82 Å². The highest BCUT2D eigenvalue weighted by Crippen LogP contribution is 2.32. The molecular weight excluding hydrogens is 271 g/mol. The molecule has 0 bridgehead atoms. The second kappa shape index (κ2) is 5.27. The molecule has 3 rings (SSSR count). The van der Waals surface area contributed by atoms with E-state index in [2.05, 4.69) is 0 Å². The molecule has 3 N–H and O–H groups in total. The van der Waals surface area contributed by atoms with Crippen molar-refractivity contribution in [3.8, 4) is 0 Å². The van der Waals surface area contributed by atoms with Crippen molar-refractivity contribution in [3.63, 3.8) is 0 Å². The lowest BCUT2D eigenvalue weighted by Crippen LogP contribution is -2.35. The second-order valence-electron chi connectivity index (χ2n) is 5.08. The number of fused-ring (bicyclic) bond motifs is 1. The lowest BCUT2D eigenvalue weighted by molar-refractivity contribution is 0.0150. The summed E-state index contributed by atoms with van der Waals surface area (Å²) in [6.07, 6.45) is -0.986. The molecule has 0 saturated carbocycles. The summed E-state index contributed by atoms with van der Waals surface area (Å²) < 4.78 is 12.9. The molecule has 0 fully saturated rings. The largest absolute Gasteiger partial charge is 0.369 e. The SMILES string of the molecule is N[C@H](CN1C(=O)c2ccccc2C1O)c1ccc(F)cc1. The zero-order chi connectivity index (χ0) is 15.0. The van der Waals surface area contributed by atoms with Crippen molar-refractivity contribution < 1.29 is 14.3 Å². The highest BCUT2D eigenvalue weighted by Gasteiger charge is 2.35. The maximum atomic E-state index is 12.9. The van der Waals surface area contributed by atoms with E-state index in [1.165, 1.54) is 17.0 Å². The molecule has 5 heteroatoms. The third kappa shape index (κ3) is 2.41. The Morgan fingerprint density at radius 3 is 2.52 bits per heavy atom. The molecule has 1 unspecified atom stereocenters. The number of halogens is 1. The fourth-order valence-electron chi connectivity index (χ4n) is 2.56. The summed E-state index contributed by atoms with van der Waals surface area (Å²) in [5.74, 6) is -0.577. The molecule has 1 heterocycles. The van der Waals surface area contributed by atoms with Gasteiger partial charge >= 0.3 is 0 Å². The van der Waals surface area contributed by atoms with E-state index in [9.17, 15) is 14.3 Å². The number of benzene rings is 2. The molecule has 2 aromatic rings. The molecule has 1 aliphatic heterocycles. The summed E-state index contributed by atoms with van der Waals surface area (Å²) in [7, 11) is 0. The zero-order valence-corrected chi connectivity index (χ0v) is 11.2. The van der Waals surface area contributed by atoms with E-state index >= 15 is 0 Å². The van der Waals surface area contributed by atoms with E-state index in [0.29, 0.717) is 16.7 Å². The minimum atomic E-state index is -0.986. The first-order chi connectivity index (χ1) is 10.1. The van der Waals surface area contributed by atoms with Crippen molar-refractivity contribution in [2.75, 3.05) is 6.54 Å². The van der Waals surface area contributed by atoms with Gasteiger partial charge in [-0.25, -0.2) is 4.39 Å². The zero-order valence-electron chi connectivity index (χ0n) is 11.2. The van der Waals surface area contributed by atoms with Crippen LogP contribution < -0.4 is 5.73 Å². The van der Waals surface area contributed by atoms with Gasteiger partial charge in [0.2, 0.25) is 0 Å². The average molecular weight is 286 g/mol. The molecular formula is C16H15FN2O2. The van der Waals surface area contributed by atoms with E-state index in [1.807, 2.05) is 0 Å². The summed E-state index contributed by atoms with van der Waals surface area (Å²) in [5, 5.41) is 10.2. The van der Waals surface area contributed by atoms with Crippen LogP contribution in [0.1, 0.15) is 33.8 Å². The first-order valence-electron chi connectivity index (χ1n) is 6.67. The van der Waals surface area contributed by atoms with E-state index < -0.39 is 12.3 Å². The van der Waals surface area contributed by atoms with Crippen LogP contribution in [0.3, 0.4) is 0 Å². The summed E-state index contributed by atoms with van der Waals surface area (Å²) >= 11 is 0. The Morgan fingerprint density at radius 1 is 1.19 bits per heavy atom. The summed E-state index contributed by atoms with van der Waals surface area (Å²) in [5.41, 5.74) is 7.86. The van der Waals surface area contributed by atoms with Crippen LogP contribution in [0.2, 0.25) is 0 Å². The van der Waals surface area contributed by atoms with Crippen LogP contribution in [-0.2, 0) is 0 Å². The van der Waals surface area contributed by atoms with Gasteiger partial charge < -0.3 is 15.7 Å². The predicted molar refractivity (Wildman–Crippen MR) is 75.8 cm³/mol. The highest BCUT2D eigenvalue weighted by molar-refractivity contribution is 5.98. The van der Waals surface area contributed by atoms with Gasteiger partial charge in [0.25, 0.3) is 5.91 Å². The summed E-state index contributed by atoms with van der Waals surface area (Å²) in [6, 6.07) is 12.3. The van der Waals surface area contributed by atoms with Crippen LogP contribution in [0.25, 0.3) is 0 Å². The van der Waals surface area contributed by atoms with Gasteiger partial charge in [-0.05, 0) is 23.8 Å². The molecule has 2 aromatic carbocycles. The Morgan fingerprint density at radius 2 is 1.86 bits per heavy atom. The van der Waals surface area contributed by atoms with Crippen molar-refractivity contribution in [3.05, 3.63) is 71.0 Å². The van der Waals surface area contributed by atoms with Crippen LogP contribution in [0.5, 0.6) is 0 Å². The fraction of sp³-hybridized carbons (Fsp3) is 0.188. The van der Waals surface area contributed by atoms with Gasteiger partial charge in [-0.1, -0.05) is 30.3 Å². The minimum Gasteiger partial charge on any atom is -0.369 e. The molecule has 1 amide bonds. The van der Waals surface area contributed by atoms with Crippen molar-refractivity contribution in [2.45, 2.75) is 12.3 Å². The quantitative estimate of drug-likeness (QED) is 0.906. The topological polar surface area (TPSA) is 66.6 Å². The summed E-state index contributed by atoms with van der Waals surface area (Å²) in [4.78, 5) is 13.6. The Kier molecular flexibility index (Phi) is 3.45. The number of nitrogens with two attached hydrogens (primary N) is 1. The highest BCUT2D eigenvalue weighted by atomic mass is 19.1. The molecule has 108 valence electrons. The molecule has 0 spiro atoms. The standard InChI is InChI=1S/C16H15FN2O2/c17-11-7-5-10(6-8-11)14(18)9-19-15(20)12-3-1-2-4-13(12)16(19)21/h1-8,14-15,20H,9,18H2/t14-,15?/m1/s1. The smallest absolute Gasteiger partial charge is 0.256 e. The number of rotatable bonds is 3. The first-order valence-corrected chi connectivity index (χ1v) is 6.67. The lowest BCUT2D eigenvalue weighted by Gasteiger charge is -2.24. The average Bonchev–Trinajstić information content (AvgIpc) is 2.73. The number of hydrogen-bond donors (Lipinski definition) is 2. The second-order valence-corrected chi connectivity index (χ2v) is 5.08. The van der Waals surface area contributed by atoms with Gasteiger partial charge in [0.15, 0.2) is 6.23 Å². The molecule has 0 aliphatic carbocycles. The normalized spacial score (nSPS) is 18.7. The monoisotopic (exact) mass is 286 g/mol. The van der Waals surface area contributed by atoms with Gasteiger partial charge in [0.1, 0.15) is 5.82 Å². The lowest BCUT2D eigenvalue weighted by atomic mass is 10.1. The number of aliphatic hydroxyl groups is 1. The van der Waals surface area contributed by atoms with Crippen LogP contribution in [0.4, 0.5) is 4.39 Å². The predicted octanol–water partition coefficient (Wildman–Crippen LogP) is 1.97. The van der Waals surface area contributed by atoms with Gasteiger partial charge in [-0.15, -0.1) is 0 Å². The van der Waals surface area contributed by atoms with Gasteiger partial charge in [-0.2, -0.15) is 0 Å². The molecule has 2 atom stereocenters. The Labute approximate surface area is 121 Å². The Hall–Kier alpha value is -2.24. The molecule has 0 aromatic heterocycles. The molecule has 21 heavy (non-hydrogen) atoms. The van der Waals surface area contributed by atoms with Crippen LogP contribution in [-0.4, -0.2) is 22.5 Å². The van der Waals surface area contributed by atoms with E-state index in [1.54, 1.807) is 36.4 Å². The van der Waals surface area contributed by atoms with Crippen molar-refractivity contribution >= 4 is 5.91 Å². The number of nitrogens with zero attached hydrogens (tertiary/aromatic N) is 1. The van der Waals surface area contributed by atoms with Crippen molar-refractivity contribution in [1.29, 1.82) is 0 Å². The van der Waals surface area contributed by atoms with Crippen molar-refractivity contribution in [2.24, 2.45) is 5.73 Å². The van der Waals surface area contributed by atoms with E-state index in [0.717, 1.165) is 0 Å². The minimum absolute atomic E-state index is 0.167. The number of amides is 1. The van der Waals surface area contributed by atoms with Gasteiger partial charge in [-0.3, -0.25) is 4.79 Å². The molecule has 1 aliphatic rings. The number of carbonyl (C=O) groups excluding carboxylic acids is 1. The fourth-order valence-corrected chi connectivity index (χ4v) is 2.56. The van der Waals surface area contributed by atoms with Gasteiger partial charge in [0, 0.05) is 23.7 Å². The Bertz CT molecular complexity index is 672. The number of carbonyl (C=O) groups is 1. The Balaban J connectivity index is 1.80. The first kappa shape index (κ1) is 13.7. The third-order valence-electron chi connectivity index (χ3n) is 3.72. The molecule has 0 radical (unpaired) electrons. The molecule has 0 saturated heterocycles. The third-order valence-corrected chi connectivity index (χ3v) is 3.72. The van der Waals surface area contributed by atoms with Crippen LogP contribution in [0.15, 0.2) is 48.5 Å². The van der Waals surface area contributed by atoms with Crippen LogP contribution >= 0.6 is 0 Å². The van der Waals surface area contributed by atoms with Crippen molar-refractivity contribution in [1.82, 2.24) is 4.90 Å². The number of aliphatic hydroxyl groups excluding tert-OH is 1. The van der Waals surface area contributed by atoms with Gasteiger partial charge in [0.05, 0.1) is 0 Å². The number of hydrogen-bond acceptors (Lipinski definition) is 3. The molecule has 4 nitrogen and oxygen atoms in total. The van der Waals surface area contributed by atoms with E-state index in [4.69, 9.17) is 5.73 Å². The summed E-state index contributed by atoms with van der Waals surface area (Å²) in [6.45, 7) is 0.167. The maximum Gasteiger partial charge on any atom is 0.256 e.